The summed E-state index contributed by atoms with van der Waals surface area (Å²) in [6, 6.07) is -0.0390. The highest BCUT2D eigenvalue weighted by molar-refractivity contribution is 5.81. The summed E-state index contributed by atoms with van der Waals surface area (Å²) >= 11 is 0. The number of rotatable bonds is 5. The minimum atomic E-state index is -0.211. The van der Waals surface area contributed by atoms with Crippen molar-refractivity contribution in [3.8, 4) is 0 Å². The minimum Gasteiger partial charge on any atom is -0.353 e. The van der Waals surface area contributed by atoms with Crippen LogP contribution in [-0.4, -0.2) is 28.0 Å². The van der Waals surface area contributed by atoms with Gasteiger partial charge in [0.25, 0.3) is 0 Å². The molecule has 1 aromatic rings. The molecule has 0 saturated heterocycles. The van der Waals surface area contributed by atoms with Crippen molar-refractivity contribution >= 4 is 5.91 Å². The van der Waals surface area contributed by atoms with Gasteiger partial charge in [0.05, 0.1) is 12.6 Å². The molecule has 1 unspecified atom stereocenters. The molecule has 3 N–H and O–H groups in total. The molecule has 0 aliphatic carbocycles. The van der Waals surface area contributed by atoms with Gasteiger partial charge in [0, 0.05) is 18.4 Å². The van der Waals surface area contributed by atoms with Crippen LogP contribution in [-0.2, 0) is 11.3 Å². The van der Waals surface area contributed by atoms with Crippen LogP contribution in [0.4, 0.5) is 0 Å². The summed E-state index contributed by atoms with van der Waals surface area (Å²) in [4.78, 5) is 18.5. The maximum Gasteiger partial charge on any atom is 0.237 e. The predicted molar refractivity (Wildman–Crippen MR) is 58.2 cm³/mol. The molecule has 0 aliphatic rings. The molecule has 84 valence electrons. The lowest BCUT2D eigenvalue weighted by atomic mass is 10.3. The van der Waals surface area contributed by atoms with E-state index in [0.717, 1.165) is 5.82 Å². The lowest BCUT2D eigenvalue weighted by molar-refractivity contribution is -0.123. The first-order valence-electron chi connectivity index (χ1n) is 5.11. The third kappa shape index (κ3) is 4.12. The summed E-state index contributed by atoms with van der Waals surface area (Å²) in [5.41, 5.74) is 0. The van der Waals surface area contributed by atoms with E-state index in [1.54, 1.807) is 12.4 Å². The van der Waals surface area contributed by atoms with E-state index in [2.05, 4.69) is 20.6 Å². The molecule has 0 aromatic carbocycles. The Bertz CT molecular complexity index is 294. The Kier molecular flexibility index (Phi) is 4.30. The van der Waals surface area contributed by atoms with Gasteiger partial charge in [-0.2, -0.15) is 0 Å². The standard InChI is InChI=1S/C10H18N4O/c1-7(2)14-10(15)8(3)13-6-9-11-4-5-12-9/h4-5,7-8,13H,6H2,1-3H3,(H,11,12)(H,14,15). The number of aromatic amines is 1. The van der Waals surface area contributed by atoms with Crippen LogP contribution >= 0.6 is 0 Å². The maximum absolute atomic E-state index is 11.5. The molecule has 5 heteroatoms. The van der Waals surface area contributed by atoms with Crippen molar-refractivity contribution in [3.63, 3.8) is 0 Å². The highest BCUT2D eigenvalue weighted by Gasteiger charge is 2.12. The maximum atomic E-state index is 11.5. The molecule has 1 heterocycles. The molecule has 0 spiro atoms. The molecule has 1 atom stereocenters. The van der Waals surface area contributed by atoms with Gasteiger partial charge in [0.1, 0.15) is 5.82 Å². The van der Waals surface area contributed by atoms with Gasteiger partial charge in [-0.05, 0) is 20.8 Å². The lowest BCUT2D eigenvalue weighted by Crippen LogP contribution is -2.44. The van der Waals surface area contributed by atoms with Crippen LogP contribution in [0.2, 0.25) is 0 Å². The molecule has 0 fully saturated rings. The molecular weight excluding hydrogens is 192 g/mol. The van der Waals surface area contributed by atoms with E-state index < -0.39 is 0 Å². The SMILES string of the molecule is CC(C)NC(=O)C(C)NCc1ncc[nH]1. The molecule has 0 aliphatic heterocycles. The zero-order chi connectivity index (χ0) is 11.3. The van der Waals surface area contributed by atoms with Crippen molar-refractivity contribution in [3.05, 3.63) is 18.2 Å². The van der Waals surface area contributed by atoms with Crippen molar-refractivity contribution in [1.82, 2.24) is 20.6 Å². The molecule has 1 rings (SSSR count). The monoisotopic (exact) mass is 210 g/mol. The molecule has 5 nitrogen and oxygen atoms in total. The number of aromatic nitrogens is 2. The zero-order valence-corrected chi connectivity index (χ0v) is 9.37. The molecule has 1 amide bonds. The van der Waals surface area contributed by atoms with Crippen LogP contribution < -0.4 is 10.6 Å². The third-order valence-electron chi connectivity index (χ3n) is 1.95. The van der Waals surface area contributed by atoms with E-state index in [9.17, 15) is 4.79 Å². The third-order valence-corrected chi connectivity index (χ3v) is 1.95. The van der Waals surface area contributed by atoms with E-state index >= 15 is 0 Å². The second-order valence-electron chi connectivity index (χ2n) is 3.80. The number of amides is 1. The average Bonchev–Trinajstić information content (AvgIpc) is 2.65. The van der Waals surface area contributed by atoms with Gasteiger partial charge >= 0.3 is 0 Å². The Hall–Kier alpha value is -1.36. The zero-order valence-electron chi connectivity index (χ0n) is 9.37. The summed E-state index contributed by atoms with van der Waals surface area (Å²) in [6.07, 6.45) is 3.45. The first-order chi connectivity index (χ1) is 7.09. The van der Waals surface area contributed by atoms with Crippen LogP contribution in [0.1, 0.15) is 26.6 Å². The first kappa shape index (κ1) is 11.7. The average molecular weight is 210 g/mol. The fourth-order valence-electron chi connectivity index (χ4n) is 1.15. The molecule has 1 aromatic heterocycles. The van der Waals surface area contributed by atoms with Gasteiger partial charge in [-0.3, -0.25) is 10.1 Å². The van der Waals surface area contributed by atoms with Gasteiger partial charge < -0.3 is 10.3 Å². The summed E-state index contributed by atoms with van der Waals surface area (Å²) < 4.78 is 0. The second-order valence-corrected chi connectivity index (χ2v) is 3.80. The summed E-state index contributed by atoms with van der Waals surface area (Å²) in [5.74, 6) is 0.843. The number of carbonyl (C=O) groups excluding carboxylic acids is 1. The van der Waals surface area contributed by atoms with E-state index in [4.69, 9.17) is 0 Å². The Morgan fingerprint density at radius 1 is 1.53 bits per heavy atom. The summed E-state index contributed by atoms with van der Waals surface area (Å²) in [5, 5.41) is 5.92. The number of nitrogens with zero attached hydrogens (tertiary/aromatic N) is 1. The van der Waals surface area contributed by atoms with Gasteiger partial charge in [0.2, 0.25) is 5.91 Å². The quantitative estimate of drug-likeness (QED) is 0.659. The van der Waals surface area contributed by atoms with Crippen LogP contribution in [0, 0.1) is 0 Å². The Balaban J connectivity index is 2.29. The van der Waals surface area contributed by atoms with Crippen molar-refractivity contribution in [1.29, 1.82) is 0 Å². The molecule has 0 saturated carbocycles. The fraction of sp³-hybridized carbons (Fsp3) is 0.600. The Morgan fingerprint density at radius 2 is 2.27 bits per heavy atom. The predicted octanol–water partition coefficient (Wildman–Crippen LogP) is 0.412. The number of hydrogen-bond acceptors (Lipinski definition) is 3. The summed E-state index contributed by atoms with van der Waals surface area (Å²) in [7, 11) is 0. The number of nitrogens with one attached hydrogen (secondary N) is 3. The van der Waals surface area contributed by atoms with E-state index in [-0.39, 0.29) is 18.0 Å². The van der Waals surface area contributed by atoms with Crippen LogP contribution in [0.15, 0.2) is 12.4 Å². The molecule has 15 heavy (non-hydrogen) atoms. The minimum absolute atomic E-state index is 0.0107. The number of H-pyrrole nitrogens is 1. The van der Waals surface area contributed by atoms with Crippen LogP contribution in [0.5, 0.6) is 0 Å². The van der Waals surface area contributed by atoms with Gasteiger partial charge in [-0.25, -0.2) is 4.98 Å². The molecule has 0 radical (unpaired) electrons. The number of carbonyl (C=O) groups is 1. The normalized spacial score (nSPS) is 12.8. The van der Waals surface area contributed by atoms with E-state index in [1.807, 2.05) is 20.8 Å². The Labute approximate surface area is 89.7 Å². The largest absolute Gasteiger partial charge is 0.353 e. The second kappa shape index (κ2) is 5.50. The first-order valence-corrected chi connectivity index (χ1v) is 5.11. The molecular formula is C10H18N4O. The lowest BCUT2D eigenvalue weighted by Gasteiger charge is -2.15. The van der Waals surface area contributed by atoms with Crippen LogP contribution in [0.25, 0.3) is 0 Å². The van der Waals surface area contributed by atoms with Gasteiger partial charge in [-0.1, -0.05) is 0 Å². The fourth-order valence-corrected chi connectivity index (χ4v) is 1.15. The topological polar surface area (TPSA) is 69.8 Å². The van der Waals surface area contributed by atoms with Gasteiger partial charge in [0.15, 0.2) is 0 Å². The number of imidazole rings is 1. The molecule has 0 bridgehead atoms. The summed E-state index contributed by atoms with van der Waals surface area (Å²) in [6.45, 7) is 6.29. The highest BCUT2D eigenvalue weighted by Crippen LogP contribution is 1.90. The van der Waals surface area contributed by atoms with Crippen molar-refractivity contribution in [2.24, 2.45) is 0 Å². The highest BCUT2D eigenvalue weighted by atomic mass is 16.2. The van der Waals surface area contributed by atoms with Crippen molar-refractivity contribution in [2.75, 3.05) is 0 Å². The van der Waals surface area contributed by atoms with Gasteiger partial charge in [-0.15, -0.1) is 0 Å². The van der Waals surface area contributed by atoms with Crippen molar-refractivity contribution < 1.29 is 4.79 Å². The van der Waals surface area contributed by atoms with Crippen LogP contribution in [0.3, 0.4) is 0 Å². The Morgan fingerprint density at radius 3 is 2.80 bits per heavy atom. The number of hydrogen-bond donors (Lipinski definition) is 3. The smallest absolute Gasteiger partial charge is 0.237 e. The van der Waals surface area contributed by atoms with E-state index in [1.165, 1.54) is 0 Å². The van der Waals surface area contributed by atoms with E-state index in [0.29, 0.717) is 6.54 Å². The van der Waals surface area contributed by atoms with Crippen molar-refractivity contribution in [2.45, 2.75) is 39.4 Å².